The van der Waals surface area contributed by atoms with E-state index in [0.29, 0.717) is 29.9 Å². The third-order valence-corrected chi connectivity index (χ3v) is 6.84. The number of hydrogen-bond donors (Lipinski definition) is 2. The van der Waals surface area contributed by atoms with Crippen molar-refractivity contribution in [1.29, 1.82) is 0 Å². The van der Waals surface area contributed by atoms with Crippen LogP contribution in [0.15, 0.2) is 78.9 Å². The Morgan fingerprint density at radius 2 is 1.47 bits per heavy atom. The summed E-state index contributed by atoms with van der Waals surface area (Å²) in [5.74, 6) is -0.871. The molecule has 0 aromatic heterocycles. The number of nitrogens with one attached hydrogen (secondary N) is 2. The van der Waals surface area contributed by atoms with Gasteiger partial charge in [-0.3, -0.25) is 13.9 Å². The predicted molar refractivity (Wildman–Crippen MR) is 145 cm³/mol. The van der Waals surface area contributed by atoms with Crippen LogP contribution in [0.4, 0.5) is 11.4 Å². The number of rotatable bonds is 9. The van der Waals surface area contributed by atoms with Gasteiger partial charge < -0.3 is 10.6 Å². The molecule has 0 saturated heterocycles. The number of amides is 2. The van der Waals surface area contributed by atoms with Gasteiger partial charge in [0.15, 0.2) is 0 Å². The molecular weight excluding hydrogens is 474 g/mol. The Morgan fingerprint density at radius 1 is 0.861 bits per heavy atom. The maximum atomic E-state index is 12.9. The van der Waals surface area contributed by atoms with Crippen molar-refractivity contribution < 1.29 is 18.0 Å². The van der Waals surface area contributed by atoms with Crippen molar-refractivity contribution in [2.24, 2.45) is 0 Å². The Balaban J connectivity index is 1.70. The predicted octanol–water partition coefficient (Wildman–Crippen LogP) is 4.36. The van der Waals surface area contributed by atoms with Gasteiger partial charge in [-0.2, -0.15) is 0 Å². The largest absolute Gasteiger partial charge is 0.352 e. The molecule has 0 radical (unpaired) electrons. The second-order valence-electron chi connectivity index (χ2n) is 9.65. The molecule has 0 fully saturated rings. The number of sulfonamides is 1. The molecule has 36 heavy (non-hydrogen) atoms. The fourth-order valence-corrected chi connectivity index (χ4v) is 4.55. The van der Waals surface area contributed by atoms with Crippen molar-refractivity contribution in [2.75, 3.05) is 29.0 Å². The molecule has 0 aliphatic rings. The van der Waals surface area contributed by atoms with Gasteiger partial charge in [0.05, 0.1) is 23.2 Å². The normalized spacial score (nSPS) is 11.6. The van der Waals surface area contributed by atoms with Gasteiger partial charge in [-0.15, -0.1) is 0 Å². The van der Waals surface area contributed by atoms with Gasteiger partial charge in [0, 0.05) is 6.54 Å². The highest BCUT2D eigenvalue weighted by Crippen LogP contribution is 2.26. The van der Waals surface area contributed by atoms with Gasteiger partial charge in [-0.25, -0.2) is 8.42 Å². The van der Waals surface area contributed by atoms with Crippen LogP contribution in [-0.4, -0.2) is 39.6 Å². The molecule has 0 bridgehead atoms. The Morgan fingerprint density at radius 3 is 2.08 bits per heavy atom. The zero-order valence-electron chi connectivity index (χ0n) is 21.1. The minimum atomic E-state index is -3.73. The highest BCUT2D eigenvalue weighted by atomic mass is 32.2. The van der Waals surface area contributed by atoms with Crippen molar-refractivity contribution in [3.8, 4) is 0 Å². The summed E-state index contributed by atoms with van der Waals surface area (Å²) >= 11 is 0. The lowest BCUT2D eigenvalue weighted by Gasteiger charge is -2.24. The fourth-order valence-electron chi connectivity index (χ4n) is 3.70. The van der Waals surface area contributed by atoms with E-state index in [2.05, 4.69) is 31.4 Å². The van der Waals surface area contributed by atoms with Gasteiger partial charge in [-0.05, 0) is 47.2 Å². The summed E-state index contributed by atoms with van der Waals surface area (Å²) in [7, 11) is -3.73. The molecule has 2 N–H and O–H groups in total. The quantitative estimate of drug-likeness (QED) is 0.450. The zero-order valence-corrected chi connectivity index (χ0v) is 21.9. The molecule has 190 valence electrons. The van der Waals surface area contributed by atoms with Gasteiger partial charge >= 0.3 is 0 Å². The van der Waals surface area contributed by atoms with E-state index in [1.165, 1.54) is 0 Å². The van der Waals surface area contributed by atoms with Crippen LogP contribution in [-0.2, 0) is 26.7 Å². The van der Waals surface area contributed by atoms with E-state index >= 15 is 0 Å². The number of nitrogens with zero attached hydrogens (tertiary/aromatic N) is 1. The lowest BCUT2D eigenvalue weighted by atomic mass is 9.87. The summed E-state index contributed by atoms with van der Waals surface area (Å²) in [6.45, 7) is 6.23. The van der Waals surface area contributed by atoms with Crippen molar-refractivity contribution in [2.45, 2.75) is 32.6 Å². The number of benzene rings is 3. The van der Waals surface area contributed by atoms with Crippen molar-refractivity contribution in [3.63, 3.8) is 0 Å². The second kappa shape index (κ2) is 11.4. The molecule has 0 unspecified atom stereocenters. The van der Waals surface area contributed by atoms with Crippen molar-refractivity contribution in [1.82, 2.24) is 5.32 Å². The molecule has 0 saturated carbocycles. The first-order valence-corrected chi connectivity index (χ1v) is 13.6. The van der Waals surface area contributed by atoms with Crippen LogP contribution in [0.2, 0.25) is 0 Å². The molecule has 0 atom stereocenters. The minimum Gasteiger partial charge on any atom is -0.352 e. The molecule has 0 aliphatic heterocycles. The Kier molecular flexibility index (Phi) is 8.53. The van der Waals surface area contributed by atoms with Gasteiger partial charge in [0.1, 0.15) is 6.54 Å². The summed E-state index contributed by atoms with van der Waals surface area (Å²) < 4.78 is 26.0. The number of carbonyl (C=O) groups excluding carboxylic acids is 2. The molecule has 0 spiro atoms. The number of para-hydroxylation sites is 1. The monoisotopic (exact) mass is 507 g/mol. The van der Waals surface area contributed by atoms with E-state index in [-0.39, 0.29) is 11.3 Å². The smallest absolute Gasteiger partial charge is 0.253 e. The van der Waals surface area contributed by atoms with Crippen LogP contribution in [0, 0.1) is 0 Å². The standard InChI is InChI=1S/C28H33N3O4S/c1-28(2,3)22-14-16-23(17-15-22)31(36(4,34)35)20-26(32)30-25-13-9-8-12-24(25)27(33)29-19-18-21-10-6-5-7-11-21/h5-17H,18-20H2,1-4H3,(H,29,33)(H,30,32). The molecule has 3 aromatic carbocycles. The summed E-state index contributed by atoms with van der Waals surface area (Å²) in [5.41, 5.74) is 3.09. The third kappa shape index (κ3) is 7.42. The van der Waals surface area contributed by atoms with Gasteiger partial charge in [0.2, 0.25) is 15.9 Å². The molecule has 3 aromatic rings. The maximum Gasteiger partial charge on any atom is 0.253 e. The zero-order chi connectivity index (χ0) is 26.3. The maximum absolute atomic E-state index is 12.9. The first-order valence-electron chi connectivity index (χ1n) is 11.7. The molecule has 8 heteroatoms. The van der Waals surface area contributed by atoms with E-state index in [9.17, 15) is 18.0 Å². The van der Waals surface area contributed by atoms with Gasteiger partial charge in [0.25, 0.3) is 5.91 Å². The second-order valence-corrected chi connectivity index (χ2v) is 11.6. The Bertz CT molecular complexity index is 1300. The lowest BCUT2D eigenvalue weighted by molar-refractivity contribution is -0.114. The highest BCUT2D eigenvalue weighted by Gasteiger charge is 2.23. The lowest BCUT2D eigenvalue weighted by Crippen LogP contribution is -2.38. The highest BCUT2D eigenvalue weighted by molar-refractivity contribution is 7.92. The van der Waals surface area contributed by atoms with Crippen LogP contribution < -0.4 is 14.9 Å². The molecular formula is C28H33N3O4S. The van der Waals surface area contributed by atoms with E-state index in [1.807, 2.05) is 42.5 Å². The topological polar surface area (TPSA) is 95.6 Å². The van der Waals surface area contributed by atoms with Crippen molar-refractivity contribution >= 4 is 33.2 Å². The minimum absolute atomic E-state index is 0.0861. The average Bonchev–Trinajstić information content (AvgIpc) is 2.82. The fraction of sp³-hybridized carbons (Fsp3) is 0.286. The summed E-state index contributed by atoms with van der Waals surface area (Å²) in [5, 5.41) is 5.57. The summed E-state index contributed by atoms with van der Waals surface area (Å²) in [4.78, 5) is 25.7. The molecule has 3 rings (SSSR count). The Labute approximate surface area is 213 Å². The molecule has 2 amide bonds. The summed E-state index contributed by atoms with van der Waals surface area (Å²) in [6.07, 6.45) is 1.74. The SMILES string of the molecule is CC(C)(C)c1ccc(N(CC(=O)Nc2ccccc2C(=O)NCCc2ccccc2)S(C)(=O)=O)cc1. The Hall–Kier alpha value is -3.65. The number of carbonyl (C=O) groups is 2. The number of anilines is 2. The van der Waals surface area contributed by atoms with Gasteiger partial charge in [-0.1, -0.05) is 75.4 Å². The molecule has 0 heterocycles. The average molecular weight is 508 g/mol. The van der Waals surface area contributed by atoms with E-state index in [0.717, 1.165) is 21.7 Å². The first kappa shape index (κ1) is 26.9. The van der Waals surface area contributed by atoms with Crippen LogP contribution in [0.1, 0.15) is 42.3 Å². The van der Waals surface area contributed by atoms with Crippen LogP contribution in [0.25, 0.3) is 0 Å². The van der Waals surface area contributed by atoms with E-state index in [1.54, 1.807) is 36.4 Å². The molecule has 7 nitrogen and oxygen atoms in total. The summed E-state index contributed by atoms with van der Waals surface area (Å²) in [6, 6.07) is 23.6. The van der Waals surface area contributed by atoms with Crippen molar-refractivity contribution in [3.05, 3.63) is 95.6 Å². The first-order chi connectivity index (χ1) is 16.9. The van der Waals surface area contributed by atoms with E-state index in [4.69, 9.17) is 0 Å². The van der Waals surface area contributed by atoms with Crippen LogP contribution in [0.3, 0.4) is 0 Å². The van der Waals surface area contributed by atoms with Crippen LogP contribution in [0.5, 0.6) is 0 Å². The van der Waals surface area contributed by atoms with Crippen LogP contribution >= 0.6 is 0 Å². The van der Waals surface area contributed by atoms with E-state index < -0.39 is 22.5 Å². The number of hydrogen-bond acceptors (Lipinski definition) is 4. The third-order valence-electron chi connectivity index (χ3n) is 5.70. The molecule has 0 aliphatic carbocycles.